The molecule has 0 bridgehead atoms. The van der Waals surface area contributed by atoms with E-state index in [1.165, 1.54) is 11.5 Å². The number of methoxy groups -OCH3 is 1. The molecule has 1 aromatic heterocycles. The number of nitrogens with zero attached hydrogens (tertiary/aromatic N) is 1. The quantitative estimate of drug-likeness (QED) is 0.640. The number of aromatic nitrogens is 1. The minimum Gasteiger partial charge on any atom is -0.497 e. The lowest BCUT2D eigenvalue weighted by Crippen LogP contribution is -2.15. The Morgan fingerprint density at radius 2 is 1.80 bits per heavy atom. The van der Waals surface area contributed by atoms with Gasteiger partial charge in [-0.2, -0.15) is 0 Å². The first-order valence-corrected chi connectivity index (χ1v) is 9.21. The molecule has 130 valence electrons. The van der Waals surface area contributed by atoms with Crippen molar-refractivity contribution in [2.75, 3.05) is 12.4 Å². The summed E-state index contributed by atoms with van der Waals surface area (Å²) in [6, 6.07) is 17.6. The molecule has 3 rings (SSSR count). The van der Waals surface area contributed by atoms with Crippen molar-refractivity contribution in [2.24, 2.45) is 0 Å². The first-order valence-electron chi connectivity index (χ1n) is 8.43. The van der Waals surface area contributed by atoms with Gasteiger partial charge in [0.2, 0.25) is 0 Å². The lowest BCUT2D eigenvalue weighted by molar-refractivity contribution is 0.415. The highest BCUT2D eigenvalue weighted by atomic mass is 32.1. The summed E-state index contributed by atoms with van der Waals surface area (Å²) in [6.07, 6.45) is 2.06. The molecule has 25 heavy (non-hydrogen) atoms. The van der Waals surface area contributed by atoms with Crippen molar-refractivity contribution >= 4 is 22.9 Å². The van der Waals surface area contributed by atoms with Crippen LogP contribution in [0, 0.1) is 0 Å². The van der Waals surface area contributed by atoms with Crippen LogP contribution in [0.1, 0.15) is 19.8 Å². The number of ether oxygens (including phenoxy) is 1. The number of rotatable bonds is 7. The molecule has 0 spiro atoms. The van der Waals surface area contributed by atoms with Gasteiger partial charge in [0.1, 0.15) is 11.4 Å². The van der Waals surface area contributed by atoms with Crippen LogP contribution in [0.2, 0.25) is 0 Å². The molecule has 4 nitrogen and oxygen atoms in total. The van der Waals surface area contributed by atoms with E-state index in [2.05, 4.69) is 12.2 Å². The summed E-state index contributed by atoms with van der Waals surface area (Å²) in [5, 5.41) is 3.31. The molecule has 0 aliphatic carbocycles. The van der Waals surface area contributed by atoms with E-state index >= 15 is 0 Å². The SMILES string of the molecule is CCCCn1sc(-c2ccccc2)c(Nc2ccc(OC)cc2)c1=O. The highest BCUT2D eigenvalue weighted by Gasteiger charge is 2.16. The molecule has 0 saturated heterocycles. The molecule has 0 radical (unpaired) electrons. The molecular formula is C20H22N2O2S. The zero-order valence-corrected chi connectivity index (χ0v) is 15.3. The van der Waals surface area contributed by atoms with Gasteiger partial charge in [0, 0.05) is 12.2 Å². The van der Waals surface area contributed by atoms with Crippen molar-refractivity contribution in [3.63, 3.8) is 0 Å². The predicted molar refractivity (Wildman–Crippen MR) is 105 cm³/mol. The van der Waals surface area contributed by atoms with Gasteiger partial charge in [0.15, 0.2) is 0 Å². The van der Waals surface area contributed by atoms with Crippen molar-refractivity contribution in [1.82, 2.24) is 3.96 Å². The van der Waals surface area contributed by atoms with Gasteiger partial charge in [-0.05, 0) is 36.2 Å². The smallest absolute Gasteiger partial charge is 0.284 e. The molecule has 0 unspecified atom stereocenters. The Kier molecular flexibility index (Phi) is 5.56. The molecule has 5 heteroatoms. The van der Waals surface area contributed by atoms with Crippen molar-refractivity contribution in [2.45, 2.75) is 26.3 Å². The first kappa shape index (κ1) is 17.3. The number of aryl methyl sites for hydroxylation is 1. The second-order valence-electron chi connectivity index (χ2n) is 5.78. The van der Waals surface area contributed by atoms with Crippen LogP contribution in [-0.2, 0) is 6.54 Å². The highest BCUT2D eigenvalue weighted by Crippen LogP contribution is 2.32. The van der Waals surface area contributed by atoms with Crippen LogP contribution in [0.15, 0.2) is 59.4 Å². The van der Waals surface area contributed by atoms with Crippen LogP contribution in [0.3, 0.4) is 0 Å². The second kappa shape index (κ2) is 8.03. The van der Waals surface area contributed by atoms with Gasteiger partial charge >= 0.3 is 0 Å². The fourth-order valence-electron chi connectivity index (χ4n) is 2.58. The molecule has 2 aromatic carbocycles. The van der Waals surface area contributed by atoms with E-state index in [-0.39, 0.29) is 5.56 Å². The van der Waals surface area contributed by atoms with Crippen LogP contribution in [-0.4, -0.2) is 11.1 Å². The average molecular weight is 354 g/mol. The third kappa shape index (κ3) is 3.94. The Morgan fingerprint density at radius 1 is 1.08 bits per heavy atom. The molecule has 0 amide bonds. The van der Waals surface area contributed by atoms with Gasteiger partial charge in [-0.25, -0.2) is 0 Å². The summed E-state index contributed by atoms with van der Waals surface area (Å²) >= 11 is 1.52. The predicted octanol–water partition coefficient (Wildman–Crippen LogP) is 5.13. The van der Waals surface area contributed by atoms with Gasteiger partial charge < -0.3 is 10.1 Å². The van der Waals surface area contributed by atoms with Gasteiger partial charge in [0.25, 0.3) is 5.56 Å². The molecule has 3 aromatic rings. The van der Waals surface area contributed by atoms with Crippen molar-refractivity contribution in [3.05, 3.63) is 65.0 Å². The van der Waals surface area contributed by atoms with Crippen LogP contribution < -0.4 is 15.6 Å². The minimum atomic E-state index is 0.0353. The van der Waals surface area contributed by atoms with Crippen LogP contribution in [0.4, 0.5) is 11.4 Å². The van der Waals surface area contributed by atoms with E-state index in [1.807, 2.05) is 58.6 Å². The van der Waals surface area contributed by atoms with Crippen molar-refractivity contribution in [1.29, 1.82) is 0 Å². The average Bonchev–Trinajstić information content (AvgIpc) is 2.97. The zero-order valence-electron chi connectivity index (χ0n) is 14.5. The maximum atomic E-state index is 12.9. The third-order valence-electron chi connectivity index (χ3n) is 3.98. The largest absolute Gasteiger partial charge is 0.497 e. The Labute approximate surface area is 151 Å². The number of unbranched alkanes of at least 4 members (excludes halogenated alkanes) is 1. The topological polar surface area (TPSA) is 43.3 Å². The Morgan fingerprint density at radius 3 is 2.44 bits per heavy atom. The fourth-order valence-corrected chi connectivity index (χ4v) is 3.67. The Balaban J connectivity index is 2.00. The first-order chi connectivity index (χ1) is 12.2. The number of hydrogen-bond donors (Lipinski definition) is 1. The third-order valence-corrected chi connectivity index (χ3v) is 5.17. The van der Waals surface area contributed by atoms with Crippen LogP contribution in [0.25, 0.3) is 10.4 Å². The summed E-state index contributed by atoms with van der Waals surface area (Å²) in [4.78, 5) is 13.9. The molecule has 0 fully saturated rings. The number of hydrogen-bond acceptors (Lipinski definition) is 4. The summed E-state index contributed by atoms with van der Waals surface area (Å²) in [5.74, 6) is 0.791. The number of anilines is 2. The van der Waals surface area contributed by atoms with Gasteiger partial charge in [0.05, 0.1) is 12.0 Å². The maximum Gasteiger partial charge on any atom is 0.284 e. The van der Waals surface area contributed by atoms with Gasteiger partial charge in [-0.1, -0.05) is 55.2 Å². The van der Waals surface area contributed by atoms with Crippen LogP contribution >= 0.6 is 11.5 Å². The summed E-state index contributed by atoms with van der Waals surface area (Å²) in [6.45, 7) is 2.89. The van der Waals surface area contributed by atoms with E-state index in [4.69, 9.17) is 4.74 Å². The Hall–Kier alpha value is -2.53. The molecule has 0 saturated carbocycles. The number of benzene rings is 2. The molecule has 0 aliphatic rings. The van der Waals surface area contributed by atoms with Gasteiger partial charge in [-0.3, -0.25) is 8.75 Å². The van der Waals surface area contributed by atoms with Gasteiger partial charge in [-0.15, -0.1) is 0 Å². The Bertz CT molecular complexity index is 867. The minimum absolute atomic E-state index is 0.0353. The summed E-state index contributed by atoms with van der Waals surface area (Å²) in [7, 11) is 1.64. The van der Waals surface area contributed by atoms with E-state index in [9.17, 15) is 4.79 Å². The van der Waals surface area contributed by atoms with Crippen molar-refractivity contribution < 1.29 is 4.74 Å². The molecule has 1 heterocycles. The zero-order chi connectivity index (χ0) is 17.6. The van der Waals surface area contributed by atoms with Crippen molar-refractivity contribution in [3.8, 4) is 16.2 Å². The molecule has 0 atom stereocenters. The maximum absolute atomic E-state index is 12.9. The number of nitrogens with one attached hydrogen (secondary N) is 1. The lowest BCUT2D eigenvalue weighted by Gasteiger charge is -2.07. The summed E-state index contributed by atoms with van der Waals surface area (Å²) in [5.41, 5.74) is 2.59. The monoisotopic (exact) mass is 354 g/mol. The summed E-state index contributed by atoms with van der Waals surface area (Å²) < 4.78 is 7.04. The van der Waals surface area contributed by atoms with E-state index < -0.39 is 0 Å². The molecule has 1 N–H and O–H groups in total. The van der Waals surface area contributed by atoms with E-state index in [0.29, 0.717) is 5.69 Å². The lowest BCUT2D eigenvalue weighted by atomic mass is 10.1. The standard InChI is InChI=1S/C20H22N2O2S/c1-3-4-14-22-20(23)18(19(25-22)15-8-6-5-7-9-15)21-16-10-12-17(24-2)13-11-16/h5-13,21H,3-4,14H2,1-2H3. The highest BCUT2D eigenvalue weighted by molar-refractivity contribution is 7.10. The fraction of sp³-hybridized carbons (Fsp3) is 0.250. The van der Waals surface area contributed by atoms with E-state index in [1.54, 1.807) is 7.11 Å². The second-order valence-corrected chi connectivity index (χ2v) is 6.81. The molecular weight excluding hydrogens is 332 g/mol. The molecule has 0 aliphatic heterocycles. The normalized spacial score (nSPS) is 10.6. The van der Waals surface area contributed by atoms with Crippen LogP contribution in [0.5, 0.6) is 5.75 Å². The van der Waals surface area contributed by atoms with E-state index in [0.717, 1.165) is 41.3 Å².